The Morgan fingerprint density at radius 1 is 1.07 bits per heavy atom. The molecule has 1 saturated heterocycles. The van der Waals surface area contributed by atoms with Crippen LogP contribution in [0.25, 0.3) is 0 Å². The Morgan fingerprint density at radius 2 is 1.79 bits per heavy atom. The minimum absolute atomic E-state index is 0.00661. The molecule has 0 radical (unpaired) electrons. The summed E-state index contributed by atoms with van der Waals surface area (Å²) in [5.74, 6) is -2.01. The summed E-state index contributed by atoms with van der Waals surface area (Å²) < 4.78 is 19.6. The van der Waals surface area contributed by atoms with Crippen molar-refractivity contribution in [1.82, 2.24) is 4.90 Å². The number of amides is 2. The maximum Gasteiger partial charge on any atom is 0.416 e. The van der Waals surface area contributed by atoms with Crippen molar-refractivity contribution in [2.45, 2.75) is 37.6 Å². The van der Waals surface area contributed by atoms with Crippen LogP contribution >= 0.6 is 0 Å². The SMILES string of the molecule is O=C1CC[C@@H](C(=O)N2C(=O)OC[C@H]2Cc2ccccc2)[C@H](c2ccccc2F)C1. The van der Waals surface area contributed by atoms with Crippen LogP contribution in [0.15, 0.2) is 54.6 Å². The molecule has 4 rings (SSSR count). The van der Waals surface area contributed by atoms with Gasteiger partial charge in [-0.15, -0.1) is 0 Å². The van der Waals surface area contributed by atoms with Gasteiger partial charge in [0.1, 0.15) is 18.2 Å². The number of cyclic esters (lactones) is 1. The first-order valence-electron chi connectivity index (χ1n) is 9.84. The van der Waals surface area contributed by atoms with Crippen molar-refractivity contribution in [3.05, 3.63) is 71.5 Å². The van der Waals surface area contributed by atoms with Crippen molar-refractivity contribution < 1.29 is 23.5 Å². The second kappa shape index (κ2) is 8.15. The summed E-state index contributed by atoms with van der Waals surface area (Å²) >= 11 is 0. The van der Waals surface area contributed by atoms with Crippen molar-refractivity contribution in [3.8, 4) is 0 Å². The van der Waals surface area contributed by atoms with E-state index in [0.29, 0.717) is 18.4 Å². The molecule has 0 bridgehead atoms. The lowest BCUT2D eigenvalue weighted by atomic mass is 9.74. The molecule has 0 N–H and O–H groups in total. The fourth-order valence-corrected chi connectivity index (χ4v) is 4.35. The number of hydrogen-bond donors (Lipinski definition) is 0. The number of ketones is 1. The highest BCUT2D eigenvalue weighted by Gasteiger charge is 2.45. The highest BCUT2D eigenvalue weighted by Crippen LogP contribution is 2.39. The zero-order valence-corrected chi connectivity index (χ0v) is 15.9. The highest BCUT2D eigenvalue weighted by atomic mass is 19.1. The van der Waals surface area contributed by atoms with Gasteiger partial charge in [0.05, 0.1) is 6.04 Å². The molecule has 150 valence electrons. The minimum Gasteiger partial charge on any atom is -0.447 e. The molecule has 1 saturated carbocycles. The number of halogens is 1. The standard InChI is InChI=1S/C23H22FNO4/c24-21-9-5-4-8-18(21)20-13-17(26)10-11-19(20)22(27)25-16(14-29-23(25)28)12-15-6-2-1-3-7-15/h1-9,16,19-20H,10-14H2/t16-,19-,20+/m1/s1. The van der Waals surface area contributed by atoms with E-state index in [4.69, 9.17) is 4.74 Å². The number of benzene rings is 2. The molecule has 2 amide bonds. The van der Waals surface area contributed by atoms with Gasteiger partial charge in [-0.25, -0.2) is 14.1 Å². The molecule has 2 aromatic rings. The van der Waals surface area contributed by atoms with Gasteiger partial charge in [-0.1, -0.05) is 48.5 Å². The largest absolute Gasteiger partial charge is 0.447 e. The van der Waals surface area contributed by atoms with Gasteiger partial charge >= 0.3 is 6.09 Å². The predicted molar refractivity (Wildman–Crippen MR) is 104 cm³/mol. The Morgan fingerprint density at radius 3 is 2.55 bits per heavy atom. The molecule has 5 nitrogen and oxygen atoms in total. The summed E-state index contributed by atoms with van der Waals surface area (Å²) in [6, 6.07) is 15.4. The average Bonchev–Trinajstić information content (AvgIpc) is 3.08. The van der Waals surface area contributed by atoms with E-state index in [0.717, 1.165) is 5.56 Å². The van der Waals surface area contributed by atoms with E-state index in [1.54, 1.807) is 18.2 Å². The van der Waals surface area contributed by atoms with Gasteiger partial charge in [-0.2, -0.15) is 0 Å². The lowest BCUT2D eigenvalue weighted by Crippen LogP contribution is -2.46. The number of imide groups is 1. The van der Waals surface area contributed by atoms with E-state index in [9.17, 15) is 18.8 Å². The summed E-state index contributed by atoms with van der Waals surface area (Å²) in [6.07, 6.45) is 0.490. The molecular formula is C23H22FNO4. The molecular weight excluding hydrogens is 373 g/mol. The van der Waals surface area contributed by atoms with Gasteiger partial charge in [-0.3, -0.25) is 9.59 Å². The minimum atomic E-state index is -0.667. The normalized spacial score (nSPS) is 24.4. The Kier molecular flexibility index (Phi) is 5.43. The molecule has 2 aromatic carbocycles. The maximum atomic E-state index is 14.4. The van der Waals surface area contributed by atoms with Gasteiger partial charge in [0, 0.05) is 24.7 Å². The van der Waals surface area contributed by atoms with Crippen LogP contribution in [-0.2, 0) is 20.7 Å². The van der Waals surface area contributed by atoms with Crippen LogP contribution in [-0.4, -0.2) is 35.3 Å². The number of hydrogen-bond acceptors (Lipinski definition) is 4. The van der Waals surface area contributed by atoms with E-state index in [2.05, 4.69) is 0 Å². The van der Waals surface area contributed by atoms with Crippen molar-refractivity contribution in [2.24, 2.45) is 5.92 Å². The molecule has 0 unspecified atom stereocenters. The molecule has 1 aliphatic carbocycles. The van der Waals surface area contributed by atoms with E-state index in [1.165, 1.54) is 11.0 Å². The summed E-state index contributed by atoms with van der Waals surface area (Å²) in [5, 5.41) is 0. The van der Waals surface area contributed by atoms with Crippen LogP contribution in [0.2, 0.25) is 0 Å². The van der Waals surface area contributed by atoms with Crippen molar-refractivity contribution in [2.75, 3.05) is 6.61 Å². The quantitative estimate of drug-likeness (QED) is 0.788. The Labute approximate surface area is 168 Å². The van der Waals surface area contributed by atoms with Crippen LogP contribution in [0, 0.1) is 11.7 Å². The lowest BCUT2D eigenvalue weighted by molar-refractivity contribution is -0.136. The maximum absolute atomic E-state index is 14.4. The van der Waals surface area contributed by atoms with Crippen LogP contribution < -0.4 is 0 Å². The number of ether oxygens (including phenoxy) is 1. The molecule has 2 aliphatic rings. The van der Waals surface area contributed by atoms with Gasteiger partial charge < -0.3 is 4.74 Å². The molecule has 1 heterocycles. The van der Waals surface area contributed by atoms with E-state index < -0.39 is 29.8 Å². The predicted octanol–water partition coefficient (Wildman–Crippen LogP) is 3.87. The van der Waals surface area contributed by atoms with Gasteiger partial charge in [-0.05, 0) is 30.0 Å². The Hall–Kier alpha value is -3.02. The molecule has 1 aliphatic heterocycles. The first kappa shape index (κ1) is 19.3. The Balaban J connectivity index is 1.60. The molecule has 0 spiro atoms. The van der Waals surface area contributed by atoms with Crippen molar-refractivity contribution >= 4 is 17.8 Å². The summed E-state index contributed by atoms with van der Waals surface area (Å²) in [5.41, 5.74) is 1.35. The molecule has 2 fully saturated rings. The number of Topliss-reactive ketones (excluding diaryl/α,β-unsaturated/α-hetero) is 1. The zero-order valence-electron chi connectivity index (χ0n) is 15.9. The van der Waals surface area contributed by atoms with Crippen LogP contribution in [0.1, 0.15) is 36.3 Å². The molecule has 6 heteroatoms. The van der Waals surface area contributed by atoms with Gasteiger partial charge in [0.2, 0.25) is 5.91 Å². The highest BCUT2D eigenvalue weighted by molar-refractivity contribution is 5.96. The number of carbonyl (C=O) groups excluding carboxylic acids is 3. The third-order valence-corrected chi connectivity index (χ3v) is 5.80. The summed E-state index contributed by atoms with van der Waals surface area (Å²) in [6.45, 7) is 0.134. The van der Waals surface area contributed by atoms with Crippen molar-refractivity contribution in [1.29, 1.82) is 0 Å². The van der Waals surface area contributed by atoms with Crippen LogP contribution in [0.3, 0.4) is 0 Å². The van der Waals surface area contributed by atoms with Gasteiger partial charge in [0.25, 0.3) is 0 Å². The number of nitrogens with zero attached hydrogens (tertiary/aromatic N) is 1. The number of carbonyl (C=O) groups is 3. The average molecular weight is 395 g/mol. The molecule has 29 heavy (non-hydrogen) atoms. The summed E-state index contributed by atoms with van der Waals surface area (Å²) in [7, 11) is 0. The fraction of sp³-hybridized carbons (Fsp3) is 0.348. The van der Waals surface area contributed by atoms with E-state index >= 15 is 0 Å². The topological polar surface area (TPSA) is 63.7 Å². The second-order valence-corrected chi connectivity index (χ2v) is 7.64. The van der Waals surface area contributed by atoms with E-state index in [1.807, 2.05) is 30.3 Å². The van der Waals surface area contributed by atoms with Gasteiger partial charge in [0.15, 0.2) is 0 Å². The first-order chi connectivity index (χ1) is 14.0. The number of rotatable bonds is 4. The van der Waals surface area contributed by atoms with Crippen LogP contribution in [0.5, 0.6) is 0 Å². The zero-order chi connectivity index (χ0) is 20.4. The smallest absolute Gasteiger partial charge is 0.416 e. The lowest BCUT2D eigenvalue weighted by Gasteiger charge is -2.33. The summed E-state index contributed by atoms with van der Waals surface area (Å²) in [4.78, 5) is 39.0. The fourth-order valence-electron chi connectivity index (χ4n) is 4.35. The second-order valence-electron chi connectivity index (χ2n) is 7.64. The van der Waals surface area contributed by atoms with E-state index in [-0.39, 0.29) is 31.1 Å². The van der Waals surface area contributed by atoms with Crippen LogP contribution in [0.4, 0.5) is 9.18 Å². The van der Waals surface area contributed by atoms with Crippen molar-refractivity contribution in [3.63, 3.8) is 0 Å². The Bertz CT molecular complexity index is 929. The molecule has 3 atom stereocenters. The first-order valence-corrected chi connectivity index (χ1v) is 9.84. The third kappa shape index (κ3) is 3.92. The third-order valence-electron chi connectivity index (χ3n) is 5.80. The molecule has 0 aromatic heterocycles. The monoisotopic (exact) mass is 395 g/mol.